The molecule has 2 aromatic heterocycles. The maximum atomic E-state index is 12.8. The minimum atomic E-state index is -4.68. The third-order valence-corrected chi connectivity index (χ3v) is 4.66. The molecule has 0 amide bonds. The molecular weight excluding hydrogens is 363 g/mol. The van der Waals surface area contributed by atoms with E-state index in [4.69, 9.17) is 0 Å². The van der Waals surface area contributed by atoms with Crippen molar-refractivity contribution < 1.29 is 26.3 Å². The average Bonchev–Trinajstić information content (AvgIpc) is 2.81. The molecule has 0 N–H and O–H groups in total. The van der Waals surface area contributed by atoms with E-state index < -0.39 is 39.6 Å². The van der Waals surface area contributed by atoms with Crippen molar-refractivity contribution in [2.75, 3.05) is 0 Å². The van der Waals surface area contributed by atoms with Crippen LogP contribution in [-0.4, -0.2) is 33.4 Å². The number of nitrogens with zero attached hydrogens (tertiary/aromatic N) is 4. The van der Waals surface area contributed by atoms with E-state index in [1.165, 1.54) is 13.8 Å². The van der Waals surface area contributed by atoms with Crippen molar-refractivity contribution in [1.29, 1.82) is 0 Å². The van der Waals surface area contributed by atoms with E-state index in [9.17, 15) is 26.3 Å². The number of halogens is 6. The molecule has 0 spiro atoms. The van der Waals surface area contributed by atoms with E-state index in [1.807, 2.05) is 0 Å². The van der Waals surface area contributed by atoms with Gasteiger partial charge in [-0.3, -0.25) is 0 Å². The second kappa shape index (κ2) is 5.07. The van der Waals surface area contributed by atoms with Crippen LogP contribution in [0.25, 0.3) is 0 Å². The van der Waals surface area contributed by atoms with Crippen LogP contribution in [0.5, 0.6) is 0 Å². The number of aryl methyl sites for hydroxylation is 2. The van der Waals surface area contributed by atoms with Gasteiger partial charge < -0.3 is 0 Å². The molecule has 0 saturated heterocycles. The van der Waals surface area contributed by atoms with Crippen LogP contribution in [0.2, 0.25) is 0 Å². The fourth-order valence-electron chi connectivity index (χ4n) is 1.64. The molecule has 0 aromatic carbocycles. The molecule has 2 heterocycles. The van der Waals surface area contributed by atoms with Crippen molar-refractivity contribution in [1.82, 2.24) is 17.5 Å². The summed E-state index contributed by atoms with van der Waals surface area (Å²) < 4.78 is 78.0. The van der Waals surface area contributed by atoms with E-state index >= 15 is 0 Å². The van der Waals surface area contributed by atoms with E-state index in [0.717, 1.165) is 12.1 Å². The molecule has 0 aliphatic heterocycles. The average molecular weight is 371 g/mol. The SMILES string of the molecule is Cc1cc(C(F)(F)F)[n]([Ge][n]2nc(C)cc2C(F)(F)F)n1. The molecule has 0 aliphatic carbocycles. The van der Waals surface area contributed by atoms with Crippen LogP contribution in [0.3, 0.4) is 0 Å². The van der Waals surface area contributed by atoms with Gasteiger partial charge in [0.1, 0.15) is 0 Å². The van der Waals surface area contributed by atoms with Gasteiger partial charge in [0.2, 0.25) is 0 Å². The molecule has 4 nitrogen and oxygen atoms in total. The van der Waals surface area contributed by atoms with Gasteiger partial charge in [0.25, 0.3) is 0 Å². The first kappa shape index (κ1) is 15.9. The van der Waals surface area contributed by atoms with Crippen molar-refractivity contribution in [2.45, 2.75) is 26.2 Å². The van der Waals surface area contributed by atoms with Gasteiger partial charge in [-0.05, 0) is 0 Å². The summed E-state index contributed by atoms with van der Waals surface area (Å²) in [6.07, 6.45) is -9.35. The van der Waals surface area contributed by atoms with Crippen molar-refractivity contribution in [3.63, 3.8) is 0 Å². The number of alkyl halides is 6. The molecule has 0 aliphatic rings. The van der Waals surface area contributed by atoms with Crippen molar-refractivity contribution in [3.05, 3.63) is 34.9 Å². The molecule has 114 valence electrons. The first-order valence-electron chi connectivity index (χ1n) is 5.53. The fourth-order valence-corrected chi connectivity index (χ4v) is 4.13. The molecule has 0 fully saturated rings. The van der Waals surface area contributed by atoms with Gasteiger partial charge in [-0.1, -0.05) is 0 Å². The Morgan fingerprint density at radius 1 is 0.810 bits per heavy atom. The van der Waals surface area contributed by atoms with Gasteiger partial charge in [0.15, 0.2) is 0 Å². The monoisotopic (exact) mass is 372 g/mol. The molecule has 2 aromatic rings. The summed E-state index contributed by atoms with van der Waals surface area (Å²) in [6.45, 7) is 2.69. The van der Waals surface area contributed by atoms with E-state index in [-0.39, 0.29) is 11.4 Å². The van der Waals surface area contributed by atoms with Crippen molar-refractivity contribution in [3.8, 4) is 0 Å². The summed E-state index contributed by atoms with van der Waals surface area (Å²) in [6, 6.07) is 1.60. The third-order valence-electron chi connectivity index (χ3n) is 2.43. The van der Waals surface area contributed by atoms with Crippen LogP contribution >= 0.6 is 0 Å². The zero-order valence-corrected chi connectivity index (χ0v) is 12.8. The Bertz CT molecular complexity index is 597. The molecule has 2 radical (unpaired) electrons. The number of hydrogen-bond acceptors (Lipinski definition) is 2. The standard InChI is InChI=1S/C10H8F6GeN4/c1-5-3-7(9(11,12)13)20(18-5)17-21-8(10(14,15)16)4-6(2)19-21/h3-4H,1-2H3. The molecule has 11 heteroatoms. The number of rotatable bonds is 2. The summed E-state index contributed by atoms with van der Waals surface area (Å²) in [5.74, 6) is 0. The second-order valence-electron chi connectivity index (χ2n) is 4.26. The van der Waals surface area contributed by atoms with Crippen LogP contribution in [0, 0.1) is 13.8 Å². The van der Waals surface area contributed by atoms with Crippen LogP contribution in [-0.2, 0) is 12.4 Å². The topological polar surface area (TPSA) is 35.6 Å². The first-order chi connectivity index (χ1) is 9.48. The summed E-state index contributed by atoms with van der Waals surface area (Å²) >= 11 is -2.09. The van der Waals surface area contributed by atoms with Gasteiger partial charge in [-0.15, -0.1) is 0 Å². The Balaban J connectivity index is 2.45. The van der Waals surface area contributed by atoms with Crippen molar-refractivity contribution >= 4 is 15.9 Å². The molecule has 0 atom stereocenters. The zero-order chi connectivity index (χ0) is 16.0. The molecule has 0 unspecified atom stereocenters. The molecule has 21 heavy (non-hydrogen) atoms. The molecule has 2 rings (SSSR count). The van der Waals surface area contributed by atoms with Gasteiger partial charge in [-0.2, -0.15) is 0 Å². The van der Waals surface area contributed by atoms with E-state index in [0.29, 0.717) is 7.28 Å². The predicted octanol–water partition coefficient (Wildman–Crippen LogP) is 2.66. The molecular formula is C10H8F6GeN4. The maximum absolute atomic E-state index is 12.8. The minimum absolute atomic E-state index is 0.0866. The molecule has 0 saturated carbocycles. The van der Waals surface area contributed by atoms with Crippen molar-refractivity contribution in [2.24, 2.45) is 0 Å². The van der Waals surface area contributed by atoms with Gasteiger partial charge >= 0.3 is 121 Å². The third kappa shape index (κ3) is 3.42. The fraction of sp³-hybridized carbons (Fsp3) is 0.400. The predicted molar refractivity (Wildman–Crippen MR) is 60.5 cm³/mol. The van der Waals surface area contributed by atoms with E-state index in [1.54, 1.807) is 0 Å². The van der Waals surface area contributed by atoms with Crippen LogP contribution in [0.1, 0.15) is 22.8 Å². The summed E-state index contributed by atoms with van der Waals surface area (Å²) in [5.41, 5.74) is -1.96. The Morgan fingerprint density at radius 2 is 1.14 bits per heavy atom. The molecule has 0 bridgehead atoms. The normalized spacial score (nSPS) is 13.0. The summed E-state index contributed by atoms with van der Waals surface area (Å²) in [4.78, 5) is 0. The Hall–Kier alpha value is -1.46. The van der Waals surface area contributed by atoms with Crippen LogP contribution in [0.4, 0.5) is 26.3 Å². The van der Waals surface area contributed by atoms with Crippen LogP contribution in [0.15, 0.2) is 12.1 Å². The Kier molecular flexibility index (Phi) is 3.85. The number of aromatic nitrogens is 4. The Labute approximate surface area is 121 Å². The van der Waals surface area contributed by atoms with Gasteiger partial charge in [-0.25, -0.2) is 0 Å². The second-order valence-corrected chi connectivity index (χ2v) is 6.46. The zero-order valence-electron chi connectivity index (χ0n) is 10.7. The van der Waals surface area contributed by atoms with E-state index in [2.05, 4.69) is 10.2 Å². The quantitative estimate of drug-likeness (QED) is 0.602. The summed E-state index contributed by atoms with van der Waals surface area (Å²) in [7, 11) is 0. The van der Waals surface area contributed by atoms with Gasteiger partial charge in [0, 0.05) is 0 Å². The van der Waals surface area contributed by atoms with Crippen LogP contribution < -0.4 is 0 Å². The summed E-state index contributed by atoms with van der Waals surface area (Å²) in [5, 5.41) is 7.26. The Morgan fingerprint density at radius 3 is 1.43 bits per heavy atom. The van der Waals surface area contributed by atoms with Gasteiger partial charge in [0.05, 0.1) is 0 Å². The number of hydrogen-bond donors (Lipinski definition) is 0. The first-order valence-corrected chi connectivity index (χ1v) is 7.41.